The number of ether oxygens (including phenoxy) is 1. The maximum Gasteiger partial charge on any atom is 0.252 e. The number of carbonyl (C=O) groups excluding carboxylic acids is 4. The Kier molecular flexibility index (Phi) is 16.3. The van der Waals surface area contributed by atoms with Crippen LogP contribution in [-0.4, -0.2) is 96.9 Å². The fourth-order valence-corrected chi connectivity index (χ4v) is 8.66. The molecule has 0 radical (unpaired) electrons. The lowest BCUT2D eigenvalue weighted by molar-refractivity contribution is -0.147. The van der Waals surface area contributed by atoms with Crippen molar-refractivity contribution in [1.29, 1.82) is 0 Å². The number of benzene rings is 1. The van der Waals surface area contributed by atoms with Crippen LogP contribution in [0.15, 0.2) is 67.1 Å². The van der Waals surface area contributed by atoms with Gasteiger partial charge in [-0.25, -0.2) is 19.0 Å². The summed E-state index contributed by atoms with van der Waals surface area (Å²) in [5, 5.41) is 26.7. The molecule has 2 saturated heterocycles. The molecule has 7 rings (SSSR count). The van der Waals surface area contributed by atoms with Crippen LogP contribution in [0.5, 0.6) is 0 Å². The highest BCUT2D eigenvalue weighted by molar-refractivity contribution is 6.01. The molecule has 2 aliphatic heterocycles. The molecular weight excluding hydrogens is 858 g/mol. The molecule has 19 heteroatoms. The molecule has 0 aliphatic carbocycles. The topological polar surface area (TPSA) is 226 Å². The number of carbonyl (C=O) groups is 4. The first-order valence-electron chi connectivity index (χ1n) is 23.3. The van der Waals surface area contributed by atoms with Crippen molar-refractivity contribution in [3.05, 3.63) is 95.5 Å². The maximum absolute atomic E-state index is 14.4. The number of amides is 4. The van der Waals surface area contributed by atoms with Crippen molar-refractivity contribution in [3.63, 3.8) is 0 Å². The Morgan fingerprint density at radius 2 is 1.79 bits per heavy atom. The van der Waals surface area contributed by atoms with Crippen LogP contribution in [-0.2, 0) is 23.9 Å². The van der Waals surface area contributed by atoms with E-state index in [1.807, 2.05) is 61.2 Å². The Balaban J connectivity index is 1.01. The molecule has 6 heterocycles. The average Bonchev–Trinajstić information content (AvgIpc) is 3.96. The molecule has 4 amide bonds. The highest BCUT2D eigenvalue weighted by Gasteiger charge is 2.43. The van der Waals surface area contributed by atoms with Crippen molar-refractivity contribution in [2.24, 2.45) is 0 Å². The summed E-state index contributed by atoms with van der Waals surface area (Å²) in [6, 6.07) is 13.8. The molecule has 3 atom stereocenters. The van der Waals surface area contributed by atoms with Crippen LogP contribution in [0.25, 0.3) is 5.82 Å². The van der Waals surface area contributed by atoms with Gasteiger partial charge in [0, 0.05) is 81.4 Å². The van der Waals surface area contributed by atoms with Crippen LogP contribution in [0.4, 0.5) is 27.7 Å². The first-order chi connectivity index (χ1) is 32.4. The molecule has 0 spiro atoms. The van der Waals surface area contributed by atoms with E-state index in [-0.39, 0.29) is 30.0 Å². The van der Waals surface area contributed by atoms with Crippen molar-refractivity contribution >= 4 is 46.9 Å². The molecule has 18 nitrogen and oxygen atoms in total. The molecule has 2 unspecified atom stereocenters. The van der Waals surface area contributed by atoms with E-state index < -0.39 is 29.4 Å². The van der Waals surface area contributed by atoms with Gasteiger partial charge in [-0.1, -0.05) is 57.2 Å². The number of rotatable bonds is 22. The summed E-state index contributed by atoms with van der Waals surface area (Å²) in [5.41, 5.74) is 2.80. The number of pyridine rings is 1. The van der Waals surface area contributed by atoms with Gasteiger partial charge in [0.25, 0.3) is 5.91 Å². The van der Waals surface area contributed by atoms with Gasteiger partial charge in [-0.3, -0.25) is 29.6 Å². The molecule has 0 bridgehead atoms. The number of aromatic amines is 1. The number of aromatic nitrogens is 7. The summed E-state index contributed by atoms with van der Waals surface area (Å²) in [5.74, 6) is 0.283. The molecule has 4 aromatic heterocycles. The van der Waals surface area contributed by atoms with Crippen molar-refractivity contribution in [3.8, 4) is 5.82 Å². The lowest BCUT2D eigenvalue weighted by Crippen LogP contribution is -2.55. The van der Waals surface area contributed by atoms with Gasteiger partial charge in [-0.2, -0.15) is 15.2 Å². The zero-order valence-corrected chi connectivity index (χ0v) is 38.7. The number of nitrogens with zero attached hydrogens (tertiary/aromatic N) is 7. The van der Waals surface area contributed by atoms with Crippen LogP contribution >= 0.6 is 0 Å². The number of hydrogen-bond donors (Lipinski definition) is 6. The second-order valence-electron chi connectivity index (χ2n) is 17.5. The van der Waals surface area contributed by atoms with Gasteiger partial charge < -0.3 is 30.9 Å². The molecule has 0 saturated carbocycles. The van der Waals surface area contributed by atoms with Crippen molar-refractivity contribution in [2.45, 2.75) is 121 Å². The zero-order valence-electron chi connectivity index (χ0n) is 38.7. The highest BCUT2D eigenvalue weighted by atomic mass is 19.1. The molecule has 6 N–H and O–H groups in total. The largest absolute Gasteiger partial charge is 0.374 e. The number of H-pyrrole nitrogens is 1. The predicted octanol–water partition coefficient (Wildman–Crippen LogP) is 6.38. The molecule has 2 aliphatic rings. The van der Waals surface area contributed by atoms with E-state index in [2.05, 4.69) is 53.8 Å². The minimum Gasteiger partial charge on any atom is -0.374 e. The minimum atomic E-state index is -1.13. The molecule has 2 fully saturated rings. The van der Waals surface area contributed by atoms with Crippen LogP contribution in [0.2, 0.25) is 0 Å². The van der Waals surface area contributed by atoms with E-state index in [0.29, 0.717) is 81.6 Å². The number of imide groups is 1. The molecule has 1 aromatic carbocycles. The van der Waals surface area contributed by atoms with Crippen molar-refractivity contribution < 1.29 is 28.3 Å². The normalized spacial score (nSPS) is 16.8. The van der Waals surface area contributed by atoms with Crippen LogP contribution in [0, 0.1) is 19.7 Å². The van der Waals surface area contributed by atoms with Crippen molar-refractivity contribution in [1.82, 2.24) is 50.9 Å². The highest BCUT2D eigenvalue weighted by Crippen LogP contribution is 2.32. The lowest BCUT2D eigenvalue weighted by atomic mass is 9.89. The second-order valence-corrected chi connectivity index (χ2v) is 17.5. The van der Waals surface area contributed by atoms with Crippen molar-refractivity contribution in [2.75, 3.05) is 42.3 Å². The number of anilines is 4. The van der Waals surface area contributed by atoms with Crippen LogP contribution in [0.1, 0.15) is 118 Å². The third-order valence-electron chi connectivity index (χ3n) is 12.5. The summed E-state index contributed by atoms with van der Waals surface area (Å²) in [6.45, 7) is 7.26. The van der Waals surface area contributed by atoms with Gasteiger partial charge in [0.1, 0.15) is 17.5 Å². The fourth-order valence-electron chi connectivity index (χ4n) is 8.66. The monoisotopic (exact) mass is 919 g/mol. The van der Waals surface area contributed by atoms with E-state index >= 15 is 0 Å². The molecule has 5 aromatic rings. The number of aryl methyl sites for hydroxylation is 2. The van der Waals surface area contributed by atoms with Crippen LogP contribution < -0.4 is 31.5 Å². The van der Waals surface area contributed by atoms with Gasteiger partial charge in [-0.05, 0) is 68.9 Å². The first-order valence-corrected chi connectivity index (χ1v) is 23.3. The fraction of sp³-hybridized carbons (Fsp3) is 0.479. The van der Waals surface area contributed by atoms with Gasteiger partial charge >= 0.3 is 0 Å². The first kappa shape index (κ1) is 48.2. The summed E-state index contributed by atoms with van der Waals surface area (Å²) in [4.78, 5) is 68.8. The second kappa shape index (κ2) is 22.6. The Labute approximate surface area is 390 Å². The number of hydrogen-bond acceptors (Lipinski definition) is 13. The van der Waals surface area contributed by atoms with E-state index in [4.69, 9.17) is 14.7 Å². The Bertz CT molecular complexity index is 2470. The standard InChI is InChI=1S/C48H62FN13O5/c1-5-6-7-8-9-14-39(54-36-13-10-12-33(27-36)37-17-19-43(63)58-44(37)64)45(65)50-22-11-15-38(34-16-18-42(51-28-34)62-30-35(49)29-52-62)55-46(66)48(67-4)20-23-61(24-21-48)47-53-31(2)25-40(57-47)56-41-26-32(3)59-60-41/h10,12-13,16,18,25-30,37-39,54H,5-9,11,14-15,17,19-24H2,1-4H3,(H,50,65)(H,55,66)(H,58,63,64)(H2,53,56,57,59,60)/t37?,38-,39?/m0/s1. The summed E-state index contributed by atoms with van der Waals surface area (Å²) in [7, 11) is 1.55. The number of methoxy groups -OCH3 is 1. The lowest BCUT2D eigenvalue weighted by Gasteiger charge is -2.40. The quantitative estimate of drug-likeness (QED) is 0.0328. The maximum atomic E-state index is 14.4. The molecule has 67 heavy (non-hydrogen) atoms. The van der Waals surface area contributed by atoms with Gasteiger partial charge in [-0.15, -0.1) is 0 Å². The Morgan fingerprint density at radius 1 is 0.970 bits per heavy atom. The zero-order chi connectivity index (χ0) is 47.3. The Hall–Kier alpha value is -6.76. The number of piperidine rings is 2. The number of halogens is 1. The summed E-state index contributed by atoms with van der Waals surface area (Å²) >= 11 is 0. The van der Waals surface area contributed by atoms with E-state index in [1.165, 1.54) is 10.9 Å². The molecule has 356 valence electrons. The molecular formula is C48H62FN13O5. The van der Waals surface area contributed by atoms with Crippen LogP contribution in [0.3, 0.4) is 0 Å². The average molecular weight is 920 g/mol. The predicted molar refractivity (Wildman–Crippen MR) is 251 cm³/mol. The number of unbranched alkanes of at least 4 members (excludes halogenated alkanes) is 4. The third kappa shape index (κ3) is 12.8. The minimum absolute atomic E-state index is 0.151. The summed E-state index contributed by atoms with van der Waals surface area (Å²) in [6.07, 6.45) is 12.3. The Morgan fingerprint density at radius 3 is 2.49 bits per heavy atom. The smallest absolute Gasteiger partial charge is 0.252 e. The van der Waals surface area contributed by atoms with E-state index in [0.717, 1.165) is 66.5 Å². The SMILES string of the molecule is CCCCCCCC(Nc1cccc(C2CCC(=O)NC2=O)c1)C(=O)NCCC[C@H](NC(=O)C1(OC)CCN(c2nc(C)cc(Nc3cc(C)[nH]n3)n2)CC1)c1ccc(-n2cc(F)cn2)nc1. The third-order valence-corrected chi connectivity index (χ3v) is 12.5. The van der Waals surface area contributed by atoms with Gasteiger partial charge in [0.15, 0.2) is 17.5 Å². The van der Waals surface area contributed by atoms with Gasteiger partial charge in [0.2, 0.25) is 23.7 Å². The summed E-state index contributed by atoms with van der Waals surface area (Å²) < 4.78 is 21.2. The van der Waals surface area contributed by atoms with Gasteiger partial charge in [0.05, 0.1) is 24.4 Å². The number of nitrogens with one attached hydrogen (secondary N) is 6. The van der Waals surface area contributed by atoms with E-state index in [1.54, 1.807) is 19.4 Å². The van der Waals surface area contributed by atoms with E-state index in [9.17, 15) is 23.6 Å².